The van der Waals surface area contributed by atoms with Gasteiger partial charge in [-0.25, -0.2) is 0 Å². The highest BCUT2D eigenvalue weighted by Crippen LogP contribution is 2.19. The van der Waals surface area contributed by atoms with E-state index in [1.165, 1.54) is 0 Å². The second kappa shape index (κ2) is 7.08. The second-order valence-electron chi connectivity index (χ2n) is 5.22. The van der Waals surface area contributed by atoms with Gasteiger partial charge in [0.05, 0.1) is 0 Å². The van der Waals surface area contributed by atoms with Gasteiger partial charge in [-0.2, -0.15) is 0 Å². The van der Waals surface area contributed by atoms with Crippen LogP contribution in [-0.4, -0.2) is 48.1 Å². The van der Waals surface area contributed by atoms with Gasteiger partial charge in [0.2, 0.25) is 0 Å². The Labute approximate surface area is 123 Å². The number of hydrogen-bond acceptors (Lipinski definition) is 4. The molecule has 1 heterocycles. The van der Waals surface area contributed by atoms with E-state index in [9.17, 15) is 14.7 Å². The van der Waals surface area contributed by atoms with E-state index in [1.807, 2.05) is 0 Å². The molecule has 0 aromatic heterocycles. The third-order valence-corrected chi connectivity index (χ3v) is 3.55. The number of carbonyl (C=O) groups excluding carboxylic acids is 2. The molecule has 1 aliphatic rings. The Morgan fingerprint density at radius 3 is 2.67 bits per heavy atom. The topological polar surface area (TPSA) is 92.9 Å². The molecule has 3 N–H and O–H groups in total. The molecule has 0 saturated carbocycles. The molecule has 1 saturated heterocycles. The van der Waals surface area contributed by atoms with Crippen LogP contribution in [0.15, 0.2) is 24.3 Å². The largest absolute Gasteiger partial charge is 0.484 e. The summed E-state index contributed by atoms with van der Waals surface area (Å²) in [6, 6.07) is 6.62. The summed E-state index contributed by atoms with van der Waals surface area (Å²) in [4.78, 5) is 24.8. The smallest absolute Gasteiger partial charge is 0.255 e. The van der Waals surface area contributed by atoms with E-state index in [2.05, 4.69) is 0 Å². The van der Waals surface area contributed by atoms with Crippen molar-refractivity contribution in [1.29, 1.82) is 0 Å². The molecule has 1 atom stereocenters. The maximum Gasteiger partial charge on any atom is 0.255 e. The van der Waals surface area contributed by atoms with Crippen molar-refractivity contribution in [3.63, 3.8) is 0 Å². The first-order valence-electron chi connectivity index (χ1n) is 7.01. The van der Waals surface area contributed by atoms with Crippen LogP contribution in [0, 0.1) is 5.92 Å². The van der Waals surface area contributed by atoms with Gasteiger partial charge in [0.25, 0.3) is 11.8 Å². The first kappa shape index (κ1) is 15.3. The highest BCUT2D eigenvalue weighted by Gasteiger charge is 2.23. The number of rotatable bonds is 5. The van der Waals surface area contributed by atoms with E-state index in [1.54, 1.807) is 29.2 Å². The fourth-order valence-electron chi connectivity index (χ4n) is 2.43. The lowest BCUT2D eigenvalue weighted by Gasteiger charge is -2.31. The molecule has 1 aromatic carbocycles. The maximum atomic E-state index is 12.4. The number of likely N-dealkylation sites (tertiary alicyclic amines) is 1. The van der Waals surface area contributed by atoms with Gasteiger partial charge in [0.1, 0.15) is 5.75 Å². The van der Waals surface area contributed by atoms with Crippen molar-refractivity contribution in [1.82, 2.24) is 4.90 Å². The number of amides is 2. The van der Waals surface area contributed by atoms with E-state index < -0.39 is 5.91 Å². The number of benzene rings is 1. The quantitative estimate of drug-likeness (QED) is 0.821. The lowest BCUT2D eigenvalue weighted by Crippen LogP contribution is -2.40. The Hall–Kier alpha value is -2.08. The molecule has 21 heavy (non-hydrogen) atoms. The fraction of sp³-hybridized carbons (Fsp3) is 0.467. The summed E-state index contributed by atoms with van der Waals surface area (Å²) < 4.78 is 5.15. The summed E-state index contributed by atoms with van der Waals surface area (Å²) in [5, 5.41) is 9.21. The molecule has 6 nitrogen and oxygen atoms in total. The van der Waals surface area contributed by atoms with Crippen LogP contribution in [-0.2, 0) is 4.79 Å². The predicted molar refractivity (Wildman–Crippen MR) is 76.8 cm³/mol. The molecular weight excluding hydrogens is 272 g/mol. The summed E-state index contributed by atoms with van der Waals surface area (Å²) in [5.41, 5.74) is 5.57. The normalized spacial score (nSPS) is 18.3. The standard InChI is InChI=1S/C15H20N2O4/c16-14(19)10-21-13-5-3-12(4-6-13)15(20)17-7-1-2-11(8-17)9-18/h3-6,11,18H,1-2,7-10H2,(H2,16,19). The lowest BCUT2D eigenvalue weighted by atomic mass is 9.98. The fourth-order valence-corrected chi connectivity index (χ4v) is 2.43. The first-order valence-corrected chi connectivity index (χ1v) is 7.01. The average molecular weight is 292 g/mol. The van der Waals surface area contributed by atoms with Crippen molar-refractivity contribution in [3.05, 3.63) is 29.8 Å². The molecule has 1 fully saturated rings. The Morgan fingerprint density at radius 1 is 1.33 bits per heavy atom. The Morgan fingerprint density at radius 2 is 2.05 bits per heavy atom. The molecule has 1 aromatic rings. The third-order valence-electron chi connectivity index (χ3n) is 3.55. The molecule has 1 aliphatic heterocycles. The summed E-state index contributed by atoms with van der Waals surface area (Å²) in [6.45, 7) is 1.24. The van der Waals surface area contributed by atoms with Gasteiger partial charge in [-0.3, -0.25) is 9.59 Å². The first-order chi connectivity index (χ1) is 10.1. The van der Waals surface area contributed by atoms with E-state index >= 15 is 0 Å². The van der Waals surface area contributed by atoms with Crippen molar-refractivity contribution in [2.24, 2.45) is 11.7 Å². The second-order valence-corrected chi connectivity index (χ2v) is 5.22. The maximum absolute atomic E-state index is 12.4. The van der Waals surface area contributed by atoms with Crippen LogP contribution in [0.1, 0.15) is 23.2 Å². The molecule has 0 bridgehead atoms. The van der Waals surface area contributed by atoms with Crippen molar-refractivity contribution in [3.8, 4) is 5.75 Å². The van der Waals surface area contributed by atoms with Crippen molar-refractivity contribution in [2.45, 2.75) is 12.8 Å². The zero-order chi connectivity index (χ0) is 15.2. The number of aliphatic hydroxyl groups excluding tert-OH is 1. The monoisotopic (exact) mass is 292 g/mol. The van der Waals surface area contributed by atoms with Crippen molar-refractivity contribution < 1.29 is 19.4 Å². The lowest BCUT2D eigenvalue weighted by molar-refractivity contribution is -0.119. The molecule has 114 valence electrons. The molecule has 0 aliphatic carbocycles. The van der Waals surface area contributed by atoms with Gasteiger partial charge in [-0.15, -0.1) is 0 Å². The average Bonchev–Trinajstić information content (AvgIpc) is 2.52. The summed E-state index contributed by atoms with van der Waals surface area (Å²) in [6.07, 6.45) is 1.87. The van der Waals surface area contributed by atoms with E-state index in [0.717, 1.165) is 19.4 Å². The van der Waals surface area contributed by atoms with E-state index in [4.69, 9.17) is 10.5 Å². The van der Waals surface area contributed by atoms with Crippen LogP contribution in [0.5, 0.6) is 5.75 Å². The van der Waals surface area contributed by atoms with E-state index in [-0.39, 0.29) is 25.0 Å². The number of carbonyl (C=O) groups is 2. The summed E-state index contributed by atoms with van der Waals surface area (Å²) in [7, 11) is 0. The Balaban J connectivity index is 1.97. The molecule has 0 spiro atoms. The van der Waals surface area contributed by atoms with Crippen molar-refractivity contribution >= 4 is 11.8 Å². The molecule has 2 rings (SSSR count). The number of nitrogens with two attached hydrogens (primary N) is 1. The molecule has 0 radical (unpaired) electrons. The number of ether oxygens (including phenoxy) is 1. The van der Waals surface area contributed by atoms with Crippen LogP contribution >= 0.6 is 0 Å². The number of piperidine rings is 1. The zero-order valence-corrected chi connectivity index (χ0v) is 11.8. The minimum absolute atomic E-state index is 0.0467. The van der Waals surface area contributed by atoms with Crippen LogP contribution in [0.25, 0.3) is 0 Å². The van der Waals surface area contributed by atoms with Crippen molar-refractivity contribution in [2.75, 3.05) is 26.3 Å². The summed E-state index contributed by atoms with van der Waals surface area (Å²) in [5.74, 6) is 0.0752. The highest BCUT2D eigenvalue weighted by molar-refractivity contribution is 5.94. The molecule has 1 unspecified atom stereocenters. The van der Waals surface area contributed by atoms with Gasteiger partial charge in [-0.1, -0.05) is 0 Å². The number of hydrogen-bond donors (Lipinski definition) is 2. The zero-order valence-electron chi connectivity index (χ0n) is 11.8. The van der Waals surface area contributed by atoms with Crippen LogP contribution < -0.4 is 10.5 Å². The van der Waals surface area contributed by atoms with Crippen LogP contribution in [0.4, 0.5) is 0 Å². The van der Waals surface area contributed by atoms with Gasteiger partial charge in [-0.05, 0) is 43.0 Å². The SMILES string of the molecule is NC(=O)COc1ccc(C(=O)N2CCCC(CO)C2)cc1. The number of nitrogens with zero attached hydrogens (tertiary/aromatic N) is 1. The minimum atomic E-state index is -0.543. The highest BCUT2D eigenvalue weighted by atomic mass is 16.5. The predicted octanol–water partition coefficient (Wildman–Crippen LogP) is 0.395. The van der Waals surface area contributed by atoms with Gasteiger partial charge in [0.15, 0.2) is 6.61 Å². The summed E-state index contributed by atoms with van der Waals surface area (Å²) >= 11 is 0. The number of aliphatic hydroxyl groups is 1. The van der Waals surface area contributed by atoms with Gasteiger partial charge in [0, 0.05) is 25.3 Å². The minimum Gasteiger partial charge on any atom is -0.484 e. The van der Waals surface area contributed by atoms with Gasteiger partial charge >= 0.3 is 0 Å². The molecule has 2 amide bonds. The van der Waals surface area contributed by atoms with Crippen LogP contribution in [0.2, 0.25) is 0 Å². The molecular formula is C15H20N2O4. The van der Waals surface area contributed by atoms with E-state index in [0.29, 0.717) is 17.9 Å². The van der Waals surface area contributed by atoms with Gasteiger partial charge < -0.3 is 20.5 Å². The van der Waals surface area contributed by atoms with Crippen LogP contribution in [0.3, 0.4) is 0 Å². The number of primary amides is 1. The third kappa shape index (κ3) is 4.19. The molecule has 6 heteroatoms. The Kier molecular flexibility index (Phi) is 5.16. The Bertz CT molecular complexity index is 501.